The first-order valence-electron chi connectivity index (χ1n) is 21.5. The highest BCUT2D eigenvalue weighted by atomic mass is 35.5. The van der Waals surface area contributed by atoms with Gasteiger partial charge in [-0.15, -0.1) is 0 Å². The molecule has 2 fully saturated rings. The Balaban J connectivity index is 1.09. The van der Waals surface area contributed by atoms with E-state index in [2.05, 4.69) is 36.4 Å². The van der Waals surface area contributed by atoms with Gasteiger partial charge in [0.1, 0.15) is 17.2 Å². The molecule has 336 valence electrons. The summed E-state index contributed by atoms with van der Waals surface area (Å²) >= 11 is 5.90. The molecular weight excluding hydrogens is 824 g/mol. The molecule has 5 N–H and O–H groups in total. The summed E-state index contributed by atoms with van der Waals surface area (Å²) in [5.41, 5.74) is 4.24. The number of H-pyrrole nitrogens is 1. The zero-order valence-corrected chi connectivity index (χ0v) is 37.9. The Morgan fingerprint density at radius 2 is 1.52 bits per heavy atom. The highest BCUT2D eigenvalue weighted by Crippen LogP contribution is 2.30. The number of nitrogens with zero attached hydrogens (tertiary/aromatic N) is 3. The fourth-order valence-electron chi connectivity index (χ4n) is 7.80. The van der Waals surface area contributed by atoms with Gasteiger partial charge in [-0.3, -0.25) is 14.4 Å². The number of aromatic amines is 1. The third kappa shape index (κ3) is 13.5. The van der Waals surface area contributed by atoms with Crippen molar-refractivity contribution in [2.75, 3.05) is 25.0 Å². The number of alkyl carbamates (subject to hydrolysis) is 1. The molecule has 63 heavy (non-hydrogen) atoms. The number of hydrogen-bond acceptors (Lipinski definition) is 9. The Hall–Kier alpha value is -5.96. The van der Waals surface area contributed by atoms with Crippen LogP contribution in [0.15, 0.2) is 66.7 Å². The van der Waals surface area contributed by atoms with Crippen molar-refractivity contribution >= 4 is 47.2 Å². The number of aromatic nitrogens is 3. The fourth-order valence-corrected chi connectivity index (χ4v) is 7.92. The van der Waals surface area contributed by atoms with Crippen molar-refractivity contribution in [3.8, 4) is 22.5 Å². The van der Waals surface area contributed by atoms with E-state index in [4.69, 9.17) is 21.1 Å². The summed E-state index contributed by atoms with van der Waals surface area (Å²) in [4.78, 5) is 71.4. The van der Waals surface area contributed by atoms with Crippen LogP contribution in [-0.2, 0) is 25.5 Å². The van der Waals surface area contributed by atoms with Crippen LogP contribution in [0.3, 0.4) is 0 Å². The molecule has 1 aliphatic heterocycles. The van der Waals surface area contributed by atoms with Crippen molar-refractivity contribution in [3.05, 3.63) is 88.7 Å². The molecule has 16 heteroatoms. The molecule has 0 spiro atoms. The topological polar surface area (TPSA) is 197 Å². The maximum absolute atomic E-state index is 13.9. The van der Waals surface area contributed by atoms with Gasteiger partial charge in [-0.2, -0.15) is 10.1 Å². The standard InChI is InChI=1S/C47H59ClN8O7/c1-28-24-34(41(58)51-36-22-23-56(27-36)45(61)63-47(5,6)7)18-21-37(28)31-12-8-29(9-13-31)25-38(42(59)50-35-19-16-32(17-20-35)39-53-43(48)55-54-39)52-40(57)33-14-10-30(11-15-33)26-49-44(60)62-46(2,3)4/h8-9,12-13,16-21,24,30,33,36,38H,10-11,14-15,22-23,25-27H2,1-7H3,(H,49,60)(H,50,59)(H,51,58)(H,52,57)(H,53,54,55)/t30?,33?,36-,38-/m0/s1. The Kier molecular flexibility index (Phi) is 14.8. The summed E-state index contributed by atoms with van der Waals surface area (Å²) in [7, 11) is 0. The van der Waals surface area contributed by atoms with Crippen LogP contribution in [-0.4, -0.2) is 92.9 Å². The first kappa shape index (κ1) is 46.5. The molecule has 1 saturated heterocycles. The van der Waals surface area contributed by atoms with Gasteiger partial charge < -0.3 is 35.6 Å². The number of halogens is 1. The van der Waals surface area contributed by atoms with Crippen LogP contribution in [0, 0.1) is 18.8 Å². The van der Waals surface area contributed by atoms with Crippen molar-refractivity contribution in [3.63, 3.8) is 0 Å². The predicted octanol–water partition coefficient (Wildman–Crippen LogP) is 7.84. The van der Waals surface area contributed by atoms with Gasteiger partial charge in [0.15, 0.2) is 5.82 Å². The van der Waals surface area contributed by atoms with Gasteiger partial charge >= 0.3 is 12.2 Å². The van der Waals surface area contributed by atoms with Gasteiger partial charge in [0.25, 0.3) is 5.91 Å². The maximum Gasteiger partial charge on any atom is 0.410 e. The zero-order valence-electron chi connectivity index (χ0n) is 37.1. The van der Waals surface area contributed by atoms with Crippen molar-refractivity contribution in [1.29, 1.82) is 0 Å². The van der Waals surface area contributed by atoms with E-state index in [9.17, 15) is 24.0 Å². The summed E-state index contributed by atoms with van der Waals surface area (Å²) in [5.74, 6) is -0.381. The molecule has 1 saturated carbocycles. The van der Waals surface area contributed by atoms with E-state index in [0.717, 1.165) is 35.1 Å². The Bertz CT molecular complexity index is 2260. The summed E-state index contributed by atoms with van der Waals surface area (Å²) in [5, 5.41) is 18.8. The molecule has 15 nitrogen and oxygen atoms in total. The molecule has 0 bridgehead atoms. The third-order valence-electron chi connectivity index (χ3n) is 11.0. The Morgan fingerprint density at radius 1 is 0.857 bits per heavy atom. The van der Waals surface area contributed by atoms with Gasteiger partial charge in [0, 0.05) is 54.8 Å². The van der Waals surface area contributed by atoms with Gasteiger partial charge in [0.05, 0.1) is 0 Å². The summed E-state index contributed by atoms with van der Waals surface area (Å²) in [6.45, 7) is 14.3. The molecule has 2 aliphatic rings. The highest BCUT2D eigenvalue weighted by molar-refractivity contribution is 6.28. The van der Waals surface area contributed by atoms with Crippen LogP contribution in [0.2, 0.25) is 5.28 Å². The minimum Gasteiger partial charge on any atom is -0.444 e. The molecule has 2 heterocycles. The van der Waals surface area contributed by atoms with Crippen molar-refractivity contribution in [2.45, 2.75) is 110 Å². The Labute approximate surface area is 373 Å². The first-order valence-corrected chi connectivity index (χ1v) is 21.9. The van der Waals surface area contributed by atoms with Gasteiger partial charge in [0.2, 0.25) is 17.1 Å². The SMILES string of the molecule is Cc1cc(C(=O)N[C@H]2CCN(C(=O)OC(C)(C)C)C2)ccc1-c1ccc(C[C@H](NC(=O)C2CCC(CNC(=O)OC(C)(C)C)CC2)C(=O)Nc2ccc(-c3n[nH]c(Cl)n3)cc2)cc1. The summed E-state index contributed by atoms with van der Waals surface area (Å²) < 4.78 is 10.9. The molecular formula is C47H59ClN8O7. The Morgan fingerprint density at radius 3 is 2.14 bits per heavy atom. The van der Waals surface area contributed by atoms with E-state index in [0.29, 0.717) is 61.5 Å². The van der Waals surface area contributed by atoms with E-state index < -0.39 is 23.3 Å². The minimum atomic E-state index is -0.878. The number of hydrogen-bond donors (Lipinski definition) is 5. The molecule has 3 aromatic carbocycles. The predicted molar refractivity (Wildman–Crippen MR) is 241 cm³/mol. The van der Waals surface area contributed by atoms with Crippen molar-refractivity contribution < 1.29 is 33.4 Å². The maximum atomic E-state index is 13.9. The van der Waals surface area contributed by atoms with E-state index >= 15 is 0 Å². The molecule has 0 radical (unpaired) electrons. The normalized spacial score (nSPS) is 18.2. The minimum absolute atomic E-state index is 0.170. The lowest BCUT2D eigenvalue weighted by atomic mass is 9.81. The number of likely N-dealkylation sites (tertiary alicyclic amines) is 1. The zero-order chi connectivity index (χ0) is 45.5. The van der Waals surface area contributed by atoms with Crippen LogP contribution < -0.4 is 21.3 Å². The second kappa shape index (κ2) is 20.0. The monoisotopic (exact) mass is 882 g/mol. The summed E-state index contributed by atoms with van der Waals surface area (Å²) in [6.07, 6.45) is 2.84. The second-order valence-electron chi connectivity index (χ2n) is 18.5. The van der Waals surface area contributed by atoms with Crippen LogP contribution in [0.4, 0.5) is 15.3 Å². The van der Waals surface area contributed by atoms with Crippen LogP contribution in [0.25, 0.3) is 22.5 Å². The lowest BCUT2D eigenvalue weighted by molar-refractivity contribution is -0.130. The molecule has 6 rings (SSSR count). The van der Waals surface area contributed by atoms with E-state index in [1.165, 1.54) is 0 Å². The fraction of sp³-hybridized carbons (Fsp3) is 0.468. The summed E-state index contributed by atoms with van der Waals surface area (Å²) in [6, 6.07) is 19.4. The quantitative estimate of drug-likeness (QED) is 0.0942. The van der Waals surface area contributed by atoms with E-state index in [-0.39, 0.29) is 53.4 Å². The van der Waals surface area contributed by atoms with Crippen molar-refractivity contribution in [1.82, 2.24) is 36.0 Å². The molecule has 2 atom stereocenters. The number of nitrogens with one attached hydrogen (secondary N) is 5. The third-order valence-corrected chi connectivity index (χ3v) is 11.2. The van der Waals surface area contributed by atoms with Gasteiger partial charge in [-0.05, 0) is 157 Å². The van der Waals surface area contributed by atoms with E-state index in [1.807, 2.05) is 84.9 Å². The average Bonchev–Trinajstić information content (AvgIpc) is 3.88. The number of anilines is 1. The van der Waals surface area contributed by atoms with Crippen LogP contribution in [0.1, 0.15) is 95.1 Å². The highest BCUT2D eigenvalue weighted by Gasteiger charge is 2.32. The van der Waals surface area contributed by atoms with Crippen molar-refractivity contribution in [2.24, 2.45) is 11.8 Å². The van der Waals surface area contributed by atoms with Crippen LogP contribution >= 0.6 is 11.6 Å². The van der Waals surface area contributed by atoms with Gasteiger partial charge in [-0.1, -0.05) is 30.3 Å². The number of rotatable bonds is 12. The second-order valence-corrected chi connectivity index (χ2v) is 18.9. The molecule has 1 aliphatic carbocycles. The number of ether oxygens (including phenoxy) is 2. The van der Waals surface area contributed by atoms with Gasteiger partial charge in [-0.25, -0.2) is 14.7 Å². The molecule has 4 aromatic rings. The smallest absolute Gasteiger partial charge is 0.410 e. The number of amides is 5. The first-order chi connectivity index (χ1) is 29.8. The molecule has 5 amide bonds. The lowest BCUT2D eigenvalue weighted by Gasteiger charge is -2.29. The average molecular weight is 883 g/mol. The molecule has 0 unspecified atom stereocenters. The number of carbonyl (C=O) groups excluding carboxylic acids is 5. The van der Waals surface area contributed by atoms with E-state index in [1.54, 1.807) is 35.2 Å². The number of aryl methyl sites for hydroxylation is 1. The number of carbonyl (C=O) groups is 5. The molecule has 1 aromatic heterocycles. The number of benzene rings is 3. The largest absolute Gasteiger partial charge is 0.444 e. The lowest BCUT2D eigenvalue weighted by Crippen LogP contribution is -2.48. The van der Waals surface area contributed by atoms with Crippen LogP contribution in [0.5, 0.6) is 0 Å².